The molecule has 0 aliphatic rings. The highest BCUT2D eigenvalue weighted by Crippen LogP contribution is 2.30. The minimum absolute atomic E-state index is 0.651. The van der Waals surface area contributed by atoms with Crippen LogP contribution in [-0.2, 0) is 6.42 Å². The number of allylic oxidation sites excluding steroid dienone is 2. The van der Waals surface area contributed by atoms with Crippen molar-refractivity contribution in [3.63, 3.8) is 0 Å². The first-order valence-corrected chi connectivity index (χ1v) is 11.3. The predicted molar refractivity (Wildman–Crippen MR) is 131 cm³/mol. The predicted octanol–water partition coefficient (Wildman–Crippen LogP) is 4.33. The zero-order valence-electron chi connectivity index (χ0n) is 17.9. The second kappa shape index (κ2) is 8.36. The molecule has 2 N–H and O–H groups in total. The van der Waals surface area contributed by atoms with E-state index in [0.717, 1.165) is 39.2 Å². The number of H-pyrrole nitrogens is 2. The summed E-state index contributed by atoms with van der Waals surface area (Å²) in [6, 6.07) is 8.30. The minimum Gasteiger partial charge on any atom is -0.335 e. The molecule has 0 radical (unpaired) electrons. The number of aromatic nitrogens is 6. The quantitative estimate of drug-likeness (QED) is 0.428. The van der Waals surface area contributed by atoms with Crippen LogP contribution >= 0.6 is 11.3 Å². The van der Waals surface area contributed by atoms with Crippen LogP contribution in [0.25, 0.3) is 51.4 Å². The summed E-state index contributed by atoms with van der Waals surface area (Å²) >= 11 is 1.69. The number of aryl methyl sites for hydroxylation is 1. The number of thiophene rings is 1. The maximum atomic E-state index is 4.67. The van der Waals surface area contributed by atoms with Gasteiger partial charge in [-0.2, -0.15) is 5.10 Å². The minimum atomic E-state index is 0.651. The van der Waals surface area contributed by atoms with Crippen molar-refractivity contribution in [3.05, 3.63) is 76.0 Å². The van der Waals surface area contributed by atoms with E-state index in [2.05, 4.69) is 74.1 Å². The third kappa shape index (κ3) is 3.67. The van der Waals surface area contributed by atoms with Gasteiger partial charge in [-0.25, -0.2) is 9.97 Å². The van der Waals surface area contributed by atoms with Crippen molar-refractivity contribution in [2.45, 2.75) is 20.3 Å². The highest BCUT2D eigenvalue weighted by molar-refractivity contribution is 7.13. The van der Waals surface area contributed by atoms with Crippen LogP contribution in [0.2, 0.25) is 0 Å². The first kappa shape index (κ1) is 20.1. The van der Waals surface area contributed by atoms with Gasteiger partial charge in [0, 0.05) is 34.2 Å². The van der Waals surface area contributed by atoms with E-state index in [4.69, 9.17) is 0 Å². The summed E-state index contributed by atoms with van der Waals surface area (Å²) in [4.78, 5) is 18.0. The van der Waals surface area contributed by atoms with Crippen molar-refractivity contribution in [1.82, 2.24) is 30.1 Å². The largest absolute Gasteiger partial charge is 0.335 e. The molecule has 7 heteroatoms. The van der Waals surface area contributed by atoms with Crippen molar-refractivity contribution in [2.24, 2.45) is 0 Å². The van der Waals surface area contributed by atoms with Gasteiger partial charge in [-0.3, -0.25) is 10.1 Å². The third-order valence-electron chi connectivity index (χ3n) is 5.46. The molecule has 0 amide bonds. The monoisotopic (exact) mass is 438 g/mol. The molecule has 0 aromatic carbocycles. The summed E-state index contributed by atoms with van der Waals surface area (Å²) in [5.41, 5.74) is 6.78. The van der Waals surface area contributed by atoms with Crippen LogP contribution in [0.3, 0.4) is 0 Å². The van der Waals surface area contributed by atoms with Gasteiger partial charge in [0.05, 0.1) is 10.9 Å². The average Bonchev–Trinajstić information content (AvgIpc) is 3.57. The molecule has 32 heavy (non-hydrogen) atoms. The van der Waals surface area contributed by atoms with Crippen LogP contribution in [0.1, 0.15) is 25.0 Å². The normalized spacial score (nSPS) is 12.7. The van der Waals surface area contributed by atoms with E-state index >= 15 is 0 Å². The molecule has 0 saturated carbocycles. The molecule has 0 bridgehead atoms. The van der Waals surface area contributed by atoms with Crippen molar-refractivity contribution < 1.29 is 0 Å². The Bertz CT molecular complexity index is 1540. The van der Waals surface area contributed by atoms with E-state index in [9.17, 15) is 0 Å². The molecule has 0 aliphatic carbocycles. The van der Waals surface area contributed by atoms with Gasteiger partial charge < -0.3 is 4.98 Å². The Morgan fingerprint density at radius 1 is 1.25 bits per heavy atom. The molecule has 5 rings (SSSR count). The molecule has 0 saturated heterocycles. The summed E-state index contributed by atoms with van der Waals surface area (Å²) in [6.07, 6.45) is 10.6. The number of aromatic amines is 2. The number of rotatable bonds is 5. The van der Waals surface area contributed by atoms with Gasteiger partial charge in [0.15, 0.2) is 11.5 Å². The van der Waals surface area contributed by atoms with Crippen LogP contribution in [-0.4, -0.2) is 30.1 Å². The van der Waals surface area contributed by atoms with Crippen LogP contribution in [0.15, 0.2) is 54.3 Å². The summed E-state index contributed by atoms with van der Waals surface area (Å²) < 4.78 is 0. The standard InChI is InChI=1S/C25H22N6S/c1-4-17-12-18(14-26-13-17)15(2)7-8-20-16(3)22(31-30-20)25-28-23-19(21-6-5-11-32-21)9-10-27-24(23)29-25/h5-14,30H,3-4H2,1-2H3,(H,27,28,29)/b15-7+,20-8+. The lowest BCUT2D eigenvalue weighted by Gasteiger charge is -2.02. The average molecular weight is 439 g/mol. The number of fused-ring (bicyclic) bond motifs is 1. The second-order valence-corrected chi connectivity index (χ2v) is 8.48. The van der Waals surface area contributed by atoms with E-state index in [1.165, 1.54) is 10.4 Å². The van der Waals surface area contributed by atoms with Gasteiger partial charge in [-0.15, -0.1) is 11.3 Å². The second-order valence-electron chi connectivity index (χ2n) is 7.54. The van der Waals surface area contributed by atoms with Crippen LogP contribution in [0.4, 0.5) is 0 Å². The van der Waals surface area contributed by atoms with Gasteiger partial charge in [-0.05, 0) is 59.7 Å². The van der Waals surface area contributed by atoms with Crippen molar-refractivity contribution in [1.29, 1.82) is 0 Å². The number of nitrogens with one attached hydrogen (secondary N) is 2. The molecular weight excluding hydrogens is 416 g/mol. The van der Waals surface area contributed by atoms with Gasteiger partial charge in [0.1, 0.15) is 5.69 Å². The van der Waals surface area contributed by atoms with Crippen molar-refractivity contribution in [2.75, 3.05) is 0 Å². The highest BCUT2D eigenvalue weighted by Gasteiger charge is 2.14. The zero-order valence-corrected chi connectivity index (χ0v) is 18.7. The fourth-order valence-electron chi connectivity index (χ4n) is 3.57. The molecule has 0 atom stereocenters. The molecule has 5 aromatic heterocycles. The Morgan fingerprint density at radius 3 is 2.97 bits per heavy atom. The Balaban J connectivity index is 1.52. The summed E-state index contributed by atoms with van der Waals surface area (Å²) in [5.74, 6) is 0.651. The Hall–Kier alpha value is -3.84. The number of pyridine rings is 2. The summed E-state index contributed by atoms with van der Waals surface area (Å²) in [5, 5.41) is 11.2. The lowest BCUT2D eigenvalue weighted by Crippen LogP contribution is -2.21. The van der Waals surface area contributed by atoms with E-state index < -0.39 is 0 Å². The molecular formula is C25H22N6S. The molecule has 5 aromatic rings. The number of hydrogen-bond acceptors (Lipinski definition) is 5. The van der Waals surface area contributed by atoms with E-state index in [-0.39, 0.29) is 0 Å². The molecule has 5 heterocycles. The first-order chi connectivity index (χ1) is 15.6. The van der Waals surface area contributed by atoms with Crippen LogP contribution in [0.5, 0.6) is 0 Å². The fraction of sp³-hybridized carbons (Fsp3) is 0.120. The lowest BCUT2D eigenvalue weighted by atomic mass is 10.1. The summed E-state index contributed by atoms with van der Waals surface area (Å²) in [7, 11) is 0. The Morgan fingerprint density at radius 2 is 2.16 bits per heavy atom. The van der Waals surface area contributed by atoms with Gasteiger partial charge >= 0.3 is 0 Å². The molecule has 0 spiro atoms. The maximum absolute atomic E-state index is 4.67. The van der Waals surface area contributed by atoms with E-state index in [1.54, 1.807) is 17.5 Å². The smallest absolute Gasteiger partial charge is 0.178 e. The molecule has 6 nitrogen and oxygen atoms in total. The first-order valence-electron chi connectivity index (χ1n) is 10.4. The Kier molecular flexibility index (Phi) is 5.25. The molecule has 0 fully saturated rings. The lowest BCUT2D eigenvalue weighted by molar-refractivity contribution is 1.06. The highest BCUT2D eigenvalue weighted by atomic mass is 32.1. The third-order valence-corrected chi connectivity index (χ3v) is 6.36. The SMILES string of the molecule is C=c1c(-c2nc3nccc(-c4cccs4)c3[nH]2)n[nH]/c1=C/C=C(\C)c1cncc(CC)c1. The maximum Gasteiger partial charge on any atom is 0.178 e. The number of imidazole rings is 1. The topological polar surface area (TPSA) is 83.1 Å². The molecule has 0 aliphatic heterocycles. The van der Waals surface area contributed by atoms with Crippen molar-refractivity contribution in [3.8, 4) is 22.0 Å². The fourth-order valence-corrected chi connectivity index (χ4v) is 4.33. The molecule has 158 valence electrons. The Labute approximate surface area is 189 Å². The molecule has 0 unspecified atom stereocenters. The van der Waals surface area contributed by atoms with E-state index in [0.29, 0.717) is 17.2 Å². The van der Waals surface area contributed by atoms with Gasteiger partial charge in [0.2, 0.25) is 0 Å². The number of hydrogen-bond donors (Lipinski definition) is 2. The van der Waals surface area contributed by atoms with Crippen LogP contribution in [0, 0.1) is 0 Å². The van der Waals surface area contributed by atoms with E-state index in [1.807, 2.05) is 30.6 Å². The van der Waals surface area contributed by atoms with Gasteiger partial charge in [0.25, 0.3) is 0 Å². The number of nitrogens with zero attached hydrogens (tertiary/aromatic N) is 4. The summed E-state index contributed by atoms with van der Waals surface area (Å²) in [6.45, 7) is 8.43. The zero-order chi connectivity index (χ0) is 22.1. The van der Waals surface area contributed by atoms with Crippen molar-refractivity contribution >= 4 is 40.7 Å². The van der Waals surface area contributed by atoms with Gasteiger partial charge in [-0.1, -0.05) is 25.6 Å². The van der Waals surface area contributed by atoms with Crippen LogP contribution < -0.4 is 10.6 Å².